The largest absolute Gasteiger partial charge is 2.00 e. The molecule has 46 valence electrons. The smallest absolute Gasteiger partial charge is 0.481 e. The third-order valence-corrected chi connectivity index (χ3v) is 0.631. The molecular formula is C5H10N2W. The normalized spacial score (nSPS) is 8.88. The Bertz CT molecular complexity index is 63.4. The molecule has 0 aromatic rings. The summed E-state index contributed by atoms with van der Waals surface area (Å²) in [5, 5.41) is 5.47. The molecule has 0 aliphatic heterocycles. The molecule has 0 spiro atoms. The summed E-state index contributed by atoms with van der Waals surface area (Å²) in [6.45, 7) is 5.54. The first-order valence-electron chi connectivity index (χ1n) is 2.21. The van der Waals surface area contributed by atoms with Crippen LogP contribution in [-0.4, -0.2) is 18.3 Å². The standard InChI is InChI=1S/C5H10N2.W/c1-4-6-7(3)5-2;/h5H,1-3H3;/q-2;+2. The predicted molar refractivity (Wildman–Crippen MR) is 30.8 cm³/mol. The van der Waals surface area contributed by atoms with E-state index in [0.29, 0.717) is 0 Å². The molecule has 3 heteroatoms. The maximum atomic E-state index is 3.77. The SMILES string of the molecule is C[C-]=NN(C)[CH-]C.[W+2]. The molecule has 0 saturated heterocycles. The Balaban J connectivity index is 0. The van der Waals surface area contributed by atoms with E-state index in [4.69, 9.17) is 0 Å². The second-order valence-corrected chi connectivity index (χ2v) is 1.16. The molecule has 0 aliphatic carbocycles. The van der Waals surface area contributed by atoms with Gasteiger partial charge in [0.05, 0.1) is 0 Å². The zero-order chi connectivity index (χ0) is 5.70. The maximum absolute atomic E-state index is 3.77. The number of rotatable bonds is 2. The van der Waals surface area contributed by atoms with Crippen LogP contribution < -0.4 is 0 Å². The Morgan fingerprint density at radius 3 is 2.25 bits per heavy atom. The van der Waals surface area contributed by atoms with Crippen LogP contribution in [0.4, 0.5) is 0 Å². The summed E-state index contributed by atoms with van der Waals surface area (Å²) < 4.78 is 0. The molecular weight excluding hydrogens is 272 g/mol. The third kappa shape index (κ3) is 6.16. The minimum atomic E-state index is 0. The van der Waals surface area contributed by atoms with Crippen LogP contribution in [0.5, 0.6) is 0 Å². The van der Waals surface area contributed by atoms with Crippen LogP contribution in [0.25, 0.3) is 0 Å². The molecule has 0 aromatic heterocycles. The van der Waals surface area contributed by atoms with E-state index in [-0.39, 0.29) is 21.1 Å². The van der Waals surface area contributed by atoms with Crippen LogP contribution in [-0.2, 0) is 21.1 Å². The first-order valence-corrected chi connectivity index (χ1v) is 2.21. The molecule has 0 atom stereocenters. The Morgan fingerprint density at radius 1 is 1.62 bits per heavy atom. The Labute approximate surface area is 65.2 Å². The van der Waals surface area contributed by atoms with Crippen molar-refractivity contribution in [3.63, 3.8) is 0 Å². The van der Waals surface area contributed by atoms with Gasteiger partial charge in [-0.1, -0.05) is 0 Å². The molecule has 0 radical (unpaired) electrons. The first-order chi connectivity index (χ1) is 3.31. The van der Waals surface area contributed by atoms with Crippen molar-refractivity contribution < 1.29 is 21.1 Å². The second kappa shape index (κ2) is 7.16. The van der Waals surface area contributed by atoms with Crippen LogP contribution >= 0.6 is 0 Å². The van der Waals surface area contributed by atoms with Gasteiger partial charge in [0.15, 0.2) is 0 Å². The van der Waals surface area contributed by atoms with Gasteiger partial charge in [0.2, 0.25) is 0 Å². The fourth-order valence-electron chi connectivity index (χ4n) is 0.215. The first kappa shape index (κ1) is 11.0. The van der Waals surface area contributed by atoms with E-state index in [0.717, 1.165) is 0 Å². The van der Waals surface area contributed by atoms with Gasteiger partial charge in [-0.15, -0.1) is 0 Å². The predicted octanol–water partition coefficient (Wildman–Crippen LogP) is 0.980. The van der Waals surface area contributed by atoms with Crippen LogP contribution in [0, 0.1) is 6.54 Å². The number of nitrogens with zero attached hydrogens (tertiary/aromatic N) is 2. The number of hydrogen-bond donors (Lipinski definition) is 0. The van der Waals surface area contributed by atoms with Gasteiger partial charge in [0.1, 0.15) is 0 Å². The van der Waals surface area contributed by atoms with Crippen molar-refractivity contribution >= 4 is 6.21 Å². The topological polar surface area (TPSA) is 15.6 Å². The molecule has 0 rings (SSSR count). The average molecular weight is 282 g/mol. The van der Waals surface area contributed by atoms with Crippen molar-refractivity contribution in [2.45, 2.75) is 13.8 Å². The van der Waals surface area contributed by atoms with E-state index in [1.165, 1.54) is 0 Å². The summed E-state index contributed by atoms with van der Waals surface area (Å²) in [6, 6.07) is 0. The van der Waals surface area contributed by atoms with Crippen LogP contribution in [0.2, 0.25) is 0 Å². The van der Waals surface area contributed by atoms with Gasteiger partial charge in [0.25, 0.3) is 0 Å². The minimum Gasteiger partial charge on any atom is -0.481 e. The zero-order valence-corrected chi connectivity index (χ0v) is 8.31. The second-order valence-electron chi connectivity index (χ2n) is 1.16. The Morgan fingerprint density at radius 2 is 2.12 bits per heavy atom. The van der Waals surface area contributed by atoms with E-state index in [1.54, 1.807) is 11.9 Å². The Kier molecular flexibility index (Phi) is 9.86. The van der Waals surface area contributed by atoms with Crippen LogP contribution in [0.15, 0.2) is 5.10 Å². The van der Waals surface area contributed by atoms with Crippen molar-refractivity contribution in [1.82, 2.24) is 5.01 Å². The molecule has 8 heavy (non-hydrogen) atoms. The van der Waals surface area contributed by atoms with Crippen molar-refractivity contribution in [1.29, 1.82) is 0 Å². The molecule has 0 bridgehead atoms. The van der Waals surface area contributed by atoms with E-state index in [9.17, 15) is 0 Å². The zero-order valence-electron chi connectivity index (χ0n) is 5.38. The summed E-state index contributed by atoms with van der Waals surface area (Å²) in [7, 11) is 1.86. The van der Waals surface area contributed by atoms with Crippen molar-refractivity contribution in [3.05, 3.63) is 6.54 Å². The van der Waals surface area contributed by atoms with Crippen LogP contribution in [0.3, 0.4) is 0 Å². The number of hydrogen-bond acceptors (Lipinski definition) is 2. The van der Waals surface area contributed by atoms with Gasteiger partial charge < -0.3 is 16.3 Å². The van der Waals surface area contributed by atoms with Gasteiger partial charge in [-0.2, -0.15) is 13.8 Å². The molecule has 0 heterocycles. The summed E-state index contributed by atoms with van der Waals surface area (Å²) >= 11 is 0. The molecule has 0 saturated carbocycles. The average Bonchev–Trinajstić information content (AvgIpc) is 1.68. The molecule has 0 aromatic carbocycles. The van der Waals surface area contributed by atoms with Crippen molar-refractivity contribution in [2.75, 3.05) is 7.05 Å². The maximum Gasteiger partial charge on any atom is 2.00 e. The van der Waals surface area contributed by atoms with Crippen molar-refractivity contribution in [3.8, 4) is 0 Å². The summed E-state index contributed by atoms with van der Waals surface area (Å²) in [5.41, 5.74) is 0. The summed E-state index contributed by atoms with van der Waals surface area (Å²) in [6.07, 6.45) is 2.64. The van der Waals surface area contributed by atoms with Crippen molar-refractivity contribution in [2.24, 2.45) is 5.10 Å². The fraction of sp³-hybridized carbons (Fsp3) is 0.600. The molecule has 0 N–H and O–H groups in total. The van der Waals surface area contributed by atoms with E-state index < -0.39 is 0 Å². The van der Waals surface area contributed by atoms with Gasteiger partial charge in [-0.25, -0.2) is 6.54 Å². The summed E-state index contributed by atoms with van der Waals surface area (Å²) in [5.74, 6) is 0. The molecule has 0 aliphatic rings. The van der Waals surface area contributed by atoms with Gasteiger partial charge >= 0.3 is 21.1 Å². The summed E-state index contributed by atoms with van der Waals surface area (Å²) in [4.78, 5) is 0. The molecule has 0 unspecified atom stereocenters. The monoisotopic (exact) mass is 282 g/mol. The van der Waals surface area contributed by atoms with E-state index in [2.05, 4.69) is 11.3 Å². The van der Waals surface area contributed by atoms with Gasteiger partial charge in [-0.3, -0.25) is 0 Å². The fourth-order valence-corrected chi connectivity index (χ4v) is 0.215. The Hall–Kier alpha value is 0.158. The van der Waals surface area contributed by atoms with Gasteiger partial charge in [0, 0.05) is 0 Å². The minimum absolute atomic E-state index is 0. The molecule has 0 fully saturated rings. The molecule has 2 nitrogen and oxygen atoms in total. The van der Waals surface area contributed by atoms with Crippen LogP contribution in [0.1, 0.15) is 13.8 Å². The molecule has 0 amide bonds. The third-order valence-electron chi connectivity index (χ3n) is 0.631. The number of hydrazone groups is 1. The van der Waals surface area contributed by atoms with Gasteiger partial charge in [-0.05, 0) is 7.05 Å². The van der Waals surface area contributed by atoms with E-state index in [1.807, 2.05) is 20.5 Å². The quantitative estimate of drug-likeness (QED) is 0.419. The van der Waals surface area contributed by atoms with E-state index >= 15 is 0 Å².